The predicted molar refractivity (Wildman–Crippen MR) is 182 cm³/mol. The SMILES string of the molecule is CC(C(=O)O)C(=O)CC[C@@H](C)[C@H]1CCC2C3C(CC[C@@]21C)[C@@]1(C)CC[C@H](NCCCNCCCCNCCCN)C[C@@H]1C[C@H]3O. The molecular weight excluding hydrogens is 564 g/mol. The number of aliphatic carboxylic acids is 1. The molecule has 4 rings (SSSR count). The molecule has 0 heterocycles. The van der Waals surface area contributed by atoms with Crippen molar-refractivity contribution in [2.45, 2.75) is 130 Å². The van der Waals surface area contributed by atoms with E-state index in [-0.39, 0.29) is 17.3 Å². The van der Waals surface area contributed by atoms with Gasteiger partial charge in [-0.25, -0.2) is 0 Å². The molecule has 0 saturated heterocycles. The fourth-order valence-electron chi connectivity index (χ4n) is 10.8. The van der Waals surface area contributed by atoms with Crippen molar-refractivity contribution in [3.8, 4) is 0 Å². The Morgan fingerprint density at radius 3 is 2.18 bits per heavy atom. The van der Waals surface area contributed by atoms with Crippen molar-refractivity contribution >= 4 is 11.8 Å². The standard InChI is InChI=1S/C37H68N4O4/c1-25(9-12-32(42)26(2)35(44)45)29-10-11-30-34-31(14-16-37(29,30)4)36(3)15-13-28(23-27(36)24-33(34)43)41-22-8-21-40-19-6-5-18-39-20-7-17-38/h25-31,33-34,39-41,43H,5-24,38H2,1-4H3,(H,44,45)/t25-,26?,27-,28+,29-,30?,31?,33-,34?,36+,37-/m1/s1. The Morgan fingerprint density at radius 1 is 0.844 bits per heavy atom. The van der Waals surface area contributed by atoms with Crippen LogP contribution in [0.2, 0.25) is 0 Å². The molecule has 0 radical (unpaired) electrons. The van der Waals surface area contributed by atoms with Gasteiger partial charge in [0, 0.05) is 12.5 Å². The number of unbranched alkanes of at least 4 members (excludes halogenated alkanes) is 1. The molecule has 4 fully saturated rings. The number of nitrogens with two attached hydrogens (primary N) is 1. The van der Waals surface area contributed by atoms with E-state index in [1.807, 2.05) is 0 Å². The summed E-state index contributed by atoms with van der Waals surface area (Å²) in [4.78, 5) is 23.7. The molecule has 0 aromatic heterocycles. The number of Topliss-reactive ketones (excluding diaryl/α,β-unsaturated/α-hetero) is 1. The van der Waals surface area contributed by atoms with Crippen LogP contribution in [0.3, 0.4) is 0 Å². The maximum atomic E-state index is 12.4. The third-order valence-corrected chi connectivity index (χ3v) is 13.6. The highest BCUT2D eigenvalue weighted by molar-refractivity contribution is 5.97. The van der Waals surface area contributed by atoms with Gasteiger partial charge in [0.1, 0.15) is 11.7 Å². The van der Waals surface area contributed by atoms with E-state index in [0.29, 0.717) is 53.4 Å². The Bertz CT molecular complexity index is 949. The van der Waals surface area contributed by atoms with Gasteiger partial charge in [0.05, 0.1) is 6.10 Å². The lowest BCUT2D eigenvalue weighted by atomic mass is 9.43. The number of carbonyl (C=O) groups is 2. The van der Waals surface area contributed by atoms with Gasteiger partial charge in [0.15, 0.2) is 0 Å². The zero-order valence-electron chi connectivity index (χ0n) is 29.1. The van der Waals surface area contributed by atoms with Crippen LogP contribution in [0, 0.1) is 52.3 Å². The van der Waals surface area contributed by atoms with Crippen molar-refractivity contribution in [2.24, 2.45) is 58.0 Å². The van der Waals surface area contributed by atoms with Crippen LogP contribution in [0.1, 0.15) is 118 Å². The lowest BCUT2D eigenvalue weighted by Crippen LogP contribution is -2.59. The summed E-state index contributed by atoms with van der Waals surface area (Å²) in [6, 6.07) is 0.573. The summed E-state index contributed by atoms with van der Waals surface area (Å²) in [6.07, 6.45) is 15.0. The van der Waals surface area contributed by atoms with Gasteiger partial charge in [0.25, 0.3) is 0 Å². The van der Waals surface area contributed by atoms with Crippen molar-refractivity contribution < 1.29 is 19.8 Å². The first-order valence-electron chi connectivity index (χ1n) is 18.8. The van der Waals surface area contributed by atoms with Crippen LogP contribution in [-0.2, 0) is 9.59 Å². The Hall–Kier alpha value is -1.06. The fourth-order valence-corrected chi connectivity index (χ4v) is 10.8. The Labute approximate surface area is 274 Å². The molecule has 45 heavy (non-hydrogen) atoms. The number of nitrogens with one attached hydrogen (secondary N) is 3. The number of carbonyl (C=O) groups excluding carboxylic acids is 1. The van der Waals surface area contributed by atoms with E-state index in [1.165, 1.54) is 64.7 Å². The zero-order chi connectivity index (χ0) is 32.6. The van der Waals surface area contributed by atoms with Gasteiger partial charge < -0.3 is 31.9 Å². The summed E-state index contributed by atoms with van der Waals surface area (Å²) in [7, 11) is 0. The molecule has 4 saturated carbocycles. The van der Waals surface area contributed by atoms with Crippen LogP contribution in [0.15, 0.2) is 0 Å². The molecule has 4 unspecified atom stereocenters. The summed E-state index contributed by atoms with van der Waals surface area (Å²) in [6.45, 7) is 15.0. The number of fused-ring (bicyclic) bond motifs is 5. The summed E-state index contributed by atoms with van der Waals surface area (Å²) in [5, 5.41) is 31.9. The molecule has 0 bridgehead atoms. The first-order chi connectivity index (χ1) is 21.5. The highest BCUT2D eigenvalue weighted by Crippen LogP contribution is 2.68. The van der Waals surface area contributed by atoms with Crippen molar-refractivity contribution in [1.82, 2.24) is 16.0 Å². The van der Waals surface area contributed by atoms with Crippen molar-refractivity contribution in [1.29, 1.82) is 0 Å². The molecule has 8 heteroatoms. The summed E-state index contributed by atoms with van der Waals surface area (Å²) >= 11 is 0. The molecule has 4 aliphatic carbocycles. The molecule has 4 aliphatic rings. The number of aliphatic hydroxyl groups is 1. The van der Waals surface area contributed by atoms with Gasteiger partial charge in [0.2, 0.25) is 0 Å². The zero-order valence-corrected chi connectivity index (χ0v) is 29.1. The van der Waals surface area contributed by atoms with E-state index < -0.39 is 11.9 Å². The maximum absolute atomic E-state index is 12.4. The van der Waals surface area contributed by atoms with Crippen LogP contribution < -0.4 is 21.7 Å². The smallest absolute Gasteiger partial charge is 0.313 e. The van der Waals surface area contributed by atoms with Gasteiger partial charge in [-0.2, -0.15) is 0 Å². The molecule has 0 amide bonds. The van der Waals surface area contributed by atoms with Crippen LogP contribution in [0.4, 0.5) is 0 Å². The van der Waals surface area contributed by atoms with Crippen molar-refractivity contribution in [3.63, 3.8) is 0 Å². The molecule has 260 valence electrons. The summed E-state index contributed by atoms with van der Waals surface area (Å²) < 4.78 is 0. The third-order valence-electron chi connectivity index (χ3n) is 13.6. The van der Waals surface area contributed by atoms with Gasteiger partial charge >= 0.3 is 5.97 Å². The maximum Gasteiger partial charge on any atom is 0.313 e. The minimum atomic E-state index is -1.01. The summed E-state index contributed by atoms with van der Waals surface area (Å²) in [5.74, 6) is 1.04. The second-order valence-corrected chi connectivity index (χ2v) is 16.2. The molecule has 0 spiro atoms. The monoisotopic (exact) mass is 633 g/mol. The van der Waals surface area contributed by atoms with Crippen LogP contribution >= 0.6 is 0 Å². The first kappa shape index (κ1) is 36.8. The second kappa shape index (κ2) is 16.9. The normalized spacial score (nSPS) is 37.3. The van der Waals surface area contributed by atoms with Gasteiger partial charge in [-0.1, -0.05) is 20.8 Å². The molecule has 7 N–H and O–H groups in total. The predicted octanol–water partition coefficient (Wildman–Crippen LogP) is 4.98. The number of carboxylic acid groups (broad SMARTS) is 1. The topological polar surface area (TPSA) is 137 Å². The highest BCUT2D eigenvalue weighted by Gasteiger charge is 2.62. The average Bonchev–Trinajstić information content (AvgIpc) is 3.37. The van der Waals surface area contributed by atoms with E-state index in [9.17, 15) is 19.8 Å². The Morgan fingerprint density at radius 2 is 1.49 bits per heavy atom. The van der Waals surface area contributed by atoms with Crippen LogP contribution in [0.25, 0.3) is 0 Å². The van der Waals surface area contributed by atoms with Gasteiger partial charge in [-0.3, -0.25) is 9.59 Å². The van der Waals surface area contributed by atoms with E-state index in [0.717, 1.165) is 65.0 Å². The highest BCUT2D eigenvalue weighted by atomic mass is 16.4. The molecule has 8 nitrogen and oxygen atoms in total. The molecule has 11 atom stereocenters. The lowest BCUT2D eigenvalue weighted by molar-refractivity contribution is -0.167. The Kier molecular flexibility index (Phi) is 13.8. The number of aliphatic hydroxyl groups excluding tert-OH is 1. The van der Waals surface area contributed by atoms with E-state index in [4.69, 9.17) is 5.73 Å². The lowest BCUT2D eigenvalue weighted by Gasteiger charge is -2.62. The van der Waals surface area contributed by atoms with Crippen LogP contribution in [-0.4, -0.2) is 73.4 Å². The number of carboxylic acids is 1. The second-order valence-electron chi connectivity index (χ2n) is 16.2. The average molecular weight is 633 g/mol. The quantitative estimate of drug-likeness (QED) is 0.0867. The number of hydrogen-bond acceptors (Lipinski definition) is 7. The van der Waals surface area contributed by atoms with E-state index in [1.54, 1.807) is 0 Å². The first-order valence-corrected chi connectivity index (χ1v) is 18.8. The third kappa shape index (κ3) is 8.70. The number of hydrogen-bond donors (Lipinski definition) is 6. The largest absolute Gasteiger partial charge is 0.481 e. The van der Waals surface area contributed by atoms with Crippen LogP contribution in [0.5, 0.6) is 0 Å². The van der Waals surface area contributed by atoms with Gasteiger partial charge in [-0.05, 0) is 176 Å². The summed E-state index contributed by atoms with van der Waals surface area (Å²) in [5.41, 5.74) is 6.07. The molecule has 0 aromatic rings. The van der Waals surface area contributed by atoms with E-state index in [2.05, 4.69) is 36.7 Å². The Balaban J connectivity index is 1.21. The minimum Gasteiger partial charge on any atom is -0.481 e. The number of ketones is 1. The van der Waals surface area contributed by atoms with Crippen molar-refractivity contribution in [2.75, 3.05) is 39.3 Å². The fraction of sp³-hybridized carbons (Fsp3) is 0.946. The van der Waals surface area contributed by atoms with Gasteiger partial charge in [-0.15, -0.1) is 0 Å². The molecule has 0 aliphatic heterocycles. The number of rotatable bonds is 19. The van der Waals surface area contributed by atoms with E-state index >= 15 is 0 Å². The molecular formula is C37H68N4O4. The van der Waals surface area contributed by atoms with Crippen molar-refractivity contribution in [3.05, 3.63) is 0 Å². The molecule has 0 aromatic carbocycles. The minimum absolute atomic E-state index is 0.144.